The Kier molecular flexibility index (Phi) is 5.50. The third-order valence-corrected chi connectivity index (χ3v) is 3.07. The number of aryl methyl sites for hydroxylation is 1. The molecular formula is C14H24N2. The summed E-state index contributed by atoms with van der Waals surface area (Å²) < 4.78 is 0. The predicted octanol–water partition coefficient (Wildman–Crippen LogP) is 3.33. The maximum absolute atomic E-state index is 5.65. The highest BCUT2D eigenvalue weighted by Crippen LogP contribution is 2.23. The van der Waals surface area contributed by atoms with Crippen LogP contribution in [0.15, 0.2) is 24.3 Å². The Hall–Kier alpha value is -0.860. The largest absolute Gasteiger partial charge is 0.271 e. The van der Waals surface area contributed by atoms with E-state index < -0.39 is 0 Å². The highest BCUT2D eigenvalue weighted by atomic mass is 15.2. The molecule has 2 unspecified atom stereocenters. The van der Waals surface area contributed by atoms with Crippen molar-refractivity contribution in [2.24, 2.45) is 11.8 Å². The van der Waals surface area contributed by atoms with E-state index in [4.69, 9.17) is 5.84 Å². The molecule has 0 spiro atoms. The van der Waals surface area contributed by atoms with Crippen molar-refractivity contribution in [2.75, 3.05) is 0 Å². The van der Waals surface area contributed by atoms with Crippen molar-refractivity contribution < 1.29 is 0 Å². The molecule has 0 amide bonds. The topological polar surface area (TPSA) is 38.0 Å². The Balaban J connectivity index is 2.67. The van der Waals surface area contributed by atoms with E-state index in [0.717, 1.165) is 6.42 Å². The van der Waals surface area contributed by atoms with Gasteiger partial charge in [0.05, 0.1) is 0 Å². The fourth-order valence-electron chi connectivity index (χ4n) is 2.20. The Morgan fingerprint density at radius 3 is 2.69 bits per heavy atom. The summed E-state index contributed by atoms with van der Waals surface area (Å²) in [5.41, 5.74) is 5.52. The Morgan fingerprint density at radius 2 is 2.12 bits per heavy atom. The van der Waals surface area contributed by atoms with Gasteiger partial charge in [-0.15, -0.1) is 0 Å². The summed E-state index contributed by atoms with van der Waals surface area (Å²) in [6.07, 6.45) is 3.62. The number of nitrogens with one attached hydrogen (secondary N) is 1. The number of benzene rings is 1. The summed E-state index contributed by atoms with van der Waals surface area (Å²) in [6.45, 7) is 6.64. The van der Waals surface area contributed by atoms with Gasteiger partial charge in [-0.2, -0.15) is 0 Å². The van der Waals surface area contributed by atoms with Gasteiger partial charge in [-0.1, -0.05) is 56.5 Å². The molecule has 0 aliphatic rings. The van der Waals surface area contributed by atoms with E-state index in [-0.39, 0.29) is 6.04 Å². The van der Waals surface area contributed by atoms with Crippen molar-refractivity contribution in [3.8, 4) is 0 Å². The molecule has 3 N–H and O–H groups in total. The Morgan fingerprint density at radius 1 is 1.38 bits per heavy atom. The molecule has 0 aliphatic carbocycles. The molecule has 1 aromatic rings. The highest BCUT2D eigenvalue weighted by molar-refractivity contribution is 5.24. The fraction of sp³-hybridized carbons (Fsp3) is 0.571. The van der Waals surface area contributed by atoms with Crippen LogP contribution >= 0.6 is 0 Å². The number of nitrogens with two attached hydrogens (primary N) is 1. The van der Waals surface area contributed by atoms with Gasteiger partial charge in [-0.05, 0) is 24.8 Å². The molecule has 0 bridgehead atoms. The average molecular weight is 220 g/mol. The van der Waals surface area contributed by atoms with Crippen molar-refractivity contribution >= 4 is 0 Å². The van der Waals surface area contributed by atoms with Crippen LogP contribution in [0.3, 0.4) is 0 Å². The van der Waals surface area contributed by atoms with Gasteiger partial charge in [0.1, 0.15) is 0 Å². The number of hydrazine groups is 1. The lowest BCUT2D eigenvalue weighted by molar-refractivity contribution is 0.394. The zero-order chi connectivity index (χ0) is 12.0. The van der Waals surface area contributed by atoms with Gasteiger partial charge in [-0.25, -0.2) is 0 Å². The van der Waals surface area contributed by atoms with E-state index in [9.17, 15) is 0 Å². The van der Waals surface area contributed by atoms with E-state index in [2.05, 4.69) is 50.5 Å². The smallest absolute Gasteiger partial charge is 0.0462 e. The zero-order valence-corrected chi connectivity index (χ0v) is 10.7. The van der Waals surface area contributed by atoms with E-state index in [0.29, 0.717) is 5.92 Å². The standard InChI is InChI=1S/C14H24N2/c1-4-6-11(2)10-14(16-15)13-8-5-7-12(3)9-13/h5,7-9,11,14,16H,4,6,10,15H2,1-3H3. The second-order valence-electron chi connectivity index (χ2n) is 4.76. The van der Waals surface area contributed by atoms with Crippen LogP contribution in [-0.2, 0) is 0 Å². The molecule has 2 nitrogen and oxygen atoms in total. The summed E-state index contributed by atoms with van der Waals surface area (Å²) >= 11 is 0. The van der Waals surface area contributed by atoms with Crippen LogP contribution < -0.4 is 11.3 Å². The molecule has 0 saturated heterocycles. The molecule has 0 heterocycles. The number of hydrogen-bond acceptors (Lipinski definition) is 2. The Bertz CT molecular complexity index is 309. The Labute approximate surface area is 99.2 Å². The fourth-order valence-corrected chi connectivity index (χ4v) is 2.20. The molecule has 90 valence electrons. The minimum atomic E-state index is 0.279. The maximum Gasteiger partial charge on any atom is 0.0462 e. The second kappa shape index (κ2) is 6.66. The average Bonchev–Trinajstić information content (AvgIpc) is 2.26. The van der Waals surface area contributed by atoms with Gasteiger partial charge < -0.3 is 0 Å². The molecule has 0 radical (unpaired) electrons. The molecule has 2 atom stereocenters. The molecule has 0 fully saturated rings. The first-order chi connectivity index (χ1) is 7.67. The summed E-state index contributed by atoms with van der Waals surface area (Å²) in [6, 6.07) is 8.85. The van der Waals surface area contributed by atoms with Crippen molar-refractivity contribution in [1.29, 1.82) is 0 Å². The number of rotatable bonds is 6. The summed E-state index contributed by atoms with van der Waals surface area (Å²) in [5, 5.41) is 0. The van der Waals surface area contributed by atoms with Gasteiger partial charge in [-0.3, -0.25) is 11.3 Å². The molecule has 16 heavy (non-hydrogen) atoms. The minimum absolute atomic E-state index is 0.279. The van der Waals surface area contributed by atoms with Crippen molar-refractivity contribution in [3.63, 3.8) is 0 Å². The second-order valence-corrected chi connectivity index (χ2v) is 4.76. The molecule has 0 saturated carbocycles. The first-order valence-electron chi connectivity index (χ1n) is 6.20. The third-order valence-electron chi connectivity index (χ3n) is 3.07. The summed E-state index contributed by atoms with van der Waals surface area (Å²) in [7, 11) is 0. The molecule has 2 heteroatoms. The third kappa shape index (κ3) is 3.95. The van der Waals surface area contributed by atoms with E-state index in [1.807, 2.05) is 0 Å². The molecule has 0 aliphatic heterocycles. The quantitative estimate of drug-likeness (QED) is 0.570. The van der Waals surface area contributed by atoms with Crippen LogP contribution in [0.1, 0.15) is 50.3 Å². The van der Waals surface area contributed by atoms with E-state index >= 15 is 0 Å². The minimum Gasteiger partial charge on any atom is -0.271 e. The van der Waals surface area contributed by atoms with Gasteiger partial charge in [0, 0.05) is 6.04 Å². The maximum atomic E-state index is 5.65. The first-order valence-corrected chi connectivity index (χ1v) is 6.20. The van der Waals surface area contributed by atoms with Crippen molar-refractivity contribution in [3.05, 3.63) is 35.4 Å². The number of hydrogen-bond donors (Lipinski definition) is 2. The SMILES string of the molecule is CCCC(C)CC(NN)c1cccc(C)c1. The van der Waals surface area contributed by atoms with Gasteiger partial charge >= 0.3 is 0 Å². The van der Waals surface area contributed by atoms with Crippen molar-refractivity contribution in [2.45, 2.75) is 46.1 Å². The zero-order valence-electron chi connectivity index (χ0n) is 10.7. The normalized spacial score (nSPS) is 14.8. The van der Waals surface area contributed by atoms with Crippen molar-refractivity contribution in [1.82, 2.24) is 5.43 Å². The monoisotopic (exact) mass is 220 g/mol. The lowest BCUT2D eigenvalue weighted by Gasteiger charge is -2.20. The van der Waals surface area contributed by atoms with Crippen LogP contribution in [0.25, 0.3) is 0 Å². The van der Waals surface area contributed by atoms with E-state index in [1.54, 1.807) is 0 Å². The lowest BCUT2D eigenvalue weighted by atomic mass is 9.93. The lowest BCUT2D eigenvalue weighted by Crippen LogP contribution is -2.29. The van der Waals surface area contributed by atoms with Gasteiger partial charge in [0.15, 0.2) is 0 Å². The van der Waals surface area contributed by atoms with E-state index in [1.165, 1.54) is 24.0 Å². The van der Waals surface area contributed by atoms with Crippen LogP contribution in [0.2, 0.25) is 0 Å². The predicted molar refractivity (Wildman–Crippen MR) is 69.9 cm³/mol. The van der Waals surface area contributed by atoms with Gasteiger partial charge in [0.2, 0.25) is 0 Å². The molecule has 1 rings (SSSR count). The van der Waals surface area contributed by atoms with Crippen LogP contribution in [0.4, 0.5) is 0 Å². The van der Waals surface area contributed by atoms with Gasteiger partial charge in [0.25, 0.3) is 0 Å². The molecular weight excluding hydrogens is 196 g/mol. The first kappa shape index (κ1) is 13.2. The highest BCUT2D eigenvalue weighted by Gasteiger charge is 2.13. The van der Waals surface area contributed by atoms with Crippen LogP contribution in [0.5, 0.6) is 0 Å². The molecule has 1 aromatic carbocycles. The molecule has 0 aromatic heterocycles. The summed E-state index contributed by atoms with van der Waals surface area (Å²) in [5.74, 6) is 6.36. The van der Waals surface area contributed by atoms with Crippen LogP contribution in [0, 0.1) is 12.8 Å². The van der Waals surface area contributed by atoms with Crippen LogP contribution in [-0.4, -0.2) is 0 Å². The summed E-state index contributed by atoms with van der Waals surface area (Å²) in [4.78, 5) is 0.